The third kappa shape index (κ3) is 3.96. The molecule has 8 heteroatoms. The topological polar surface area (TPSA) is 96.0 Å². The van der Waals surface area contributed by atoms with Crippen LogP contribution in [0.3, 0.4) is 0 Å². The molecule has 1 aliphatic heterocycles. The lowest BCUT2D eigenvalue weighted by Gasteiger charge is -2.26. The molecule has 0 aromatic heterocycles. The fraction of sp³-hybridized carbons (Fsp3) is 0.238. The monoisotopic (exact) mass is 395 g/mol. The predicted molar refractivity (Wildman–Crippen MR) is 106 cm³/mol. The molecule has 0 unspecified atom stereocenters. The van der Waals surface area contributed by atoms with Crippen molar-refractivity contribution in [3.05, 3.63) is 59.7 Å². The predicted octanol–water partition coefficient (Wildman–Crippen LogP) is 1.78. The van der Waals surface area contributed by atoms with E-state index in [1.807, 2.05) is 0 Å². The molecule has 8 nitrogen and oxygen atoms in total. The average Bonchev–Trinajstić information content (AvgIpc) is 2.98. The van der Waals surface area contributed by atoms with Crippen molar-refractivity contribution in [2.45, 2.75) is 13.0 Å². The maximum absolute atomic E-state index is 12.7. The first-order chi connectivity index (χ1) is 13.8. The summed E-state index contributed by atoms with van der Waals surface area (Å²) in [4.78, 5) is 52.2. The number of anilines is 1. The van der Waals surface area contributed by atoms with E-state index in [-0.39, 0.29) is 17.7 Å². The largest absolute Gasteiger partial charge is 0.497 e. The summed E-state index contributed by atoms with van der Waals surface area (Å²) in [6, 6.07) is 12.2. The molecule has 2 aromatic rings. The molecule has 0 radical (unpaired) electrons. The van der Waals surface area contributed by atoms with Crippen LogP contribution >= 0.6 is 0 Å². The molecule has 1 atom stereocenters. The van der Waals surface area contributed by atoms with Crippen LogP contribution in [-0.4, -0.2) is 60.2 Å². The Bertz CT molecular complexity index is 936. The summed E-state index contributed by atoms with van der Waals surface area (Å²) in [7, 11) is 2.99. The highest BCUT2D eigenvalue weighted by molar-refractivity contribution is 6.22. The fourth-order valence-corrected chi connectivity index (χ4v) is 3.16. The first-order valence-electron chi connectivity index (χ1n) is 8.99. The van der Waals surface area contributed by atoms with E-state index in [1.165, 1.54) is 18.9 Å². The fourth-order valence-electron chi connectivity index (χ4n) is 3.16. The van der Waals surface area contributed by atoms with Crippen LogP contribution in [-0.2, 0) is 9.59 Å². The van der Waals surface area contributed by atoms with E-state index in [1.54, 1.807) is 55.6 Å². The van der Waals surface area contributed by atoms with Gasteiger partial charge in [0.25, 0.3) is 11.8 Å². The van der Waals surface area contributed by atoms with Gasteiger partial charge in [-0.05, 0) is 43.3 Å². The summed E-state index contributed by atoms with van der Waals surface area (Å²) < 4.78 is 5.06. The molecular formula is C21H21N3O5. The minimum Gasteiger partial charge on any atom is -0.497 e. The summed E-state index contributed by atoms with van der Waals surface area (Å²) in [5.41, 5.74) is 1.11. The summed E-state index contributed by atoms with van der Waals surface area (Å²) in [5, 5.41) is 2.68. The molecule has 0 aliphatic carbocycles. The first-order valence-corrected chi connectivity index (χ1v) is 8.99. The second-order valence-electron chi connectivity index (χ2n) is 6.67. The summed E-state index contributed by atoms with van der Waals surface area (Å²) in [5.74, 6) is -1.28. The highest BCUT2D eigenvalue weighted by atomic mass is 16.5. The van der Waals surface area contributed by atoms with E-state index in [2.05, 4.69) is 5.32 Å². The van der Waals surface area contributed by atoms with Crippen molar-refractivity contribution in [2.75, 3.05) is 26.0 Å². The molecular weight excluding hydrogens is 374 g/mol. The number of likely N-dealkylation sites (N-methyl/N-ethyl adjacent to an activating group) is 1. The van der Waals surface area contributed by atoms with E-state index in [4.69, 9.17) is 4.74 Å². The normalized spacial score (nSPS) is 13.7. The quantitative estimate of drug-likeness (QED) is 0.752. The van der Waals surface area contributed by atoms with E-state index in [0.717, 1.165) is 4.90 Å². The minimum absolute atomic E-state index is 0.224. The molecule has 3 rings (SSSR count). The number of nitrogens with one attached hydrogen (secondary N) is 1. The van der Waals surface area contributed by atoms with Gasteiger partial charge < -0.3 is 15.0 Å². The van der Waals surface area contributed by atoms with Crippen LogP contribution < -0.4 is 10.1 Å². The van der Waals surface area contributed by atoms with Gasteiger partial charge in [-0.25, -0.2) is 0 Å². The van der Waals surface area contributed by atoms with Gasteiger partial charge in [0.15, 0.2) is 0 Å². The Morgan fingerprint density at radius 1 is 1.03 bits per heavy atom. The molecule has 1 N–H and O–H groups in total. The lowest BCUT2D eigenvalue weighted by Crippen LogP contribution is -2.49. The molecule has 4 amide bonds. The molecule has 1 heterocycles. The second kappa shape index (κ2) is 8.14. The van der Waals surface area contributed by atoms with Crippen LogP contribution in [0, 0.1) is 0 Å². The number of benzene rings is 2. The number of imide groups is 1. The molecule has 0 bridgehead atoms. The van der Waals surface area contributed by atoms with Crippen molar-refractivity contribution in [1.82, 2.24) is 9.80 Å². The second-order valence-corrected chi connectivity index (χ2v) is 6.67. The number of rotatable bonds is 6. The zero-order chi connectivity index (χ0) is 21.1. The Labute approximate surface area is 168 Å². The van der Waals surface area contributed by atoms with Gasteiger partial charge in [0.1, 0.15) is 11.8 Å². The highest BCUT2D eigenvalue weighted by Gasteiger charge is 2.41. The molecule has 1 aliphatic rings. The highest BCUT2D eigenvalue weighted by Crippen LogP contribution is 2.25. The van der Waals surface area contributed by atoms with Crippen LogP contribution in [0.4, 0.5) is 5.69 Å². The molecule has 0 fully saturated rings. The summed E-state index contributed by atoms with van der Waals surface area (Å²) in [6.07, 6.45) is 0. The van der Waals surface area contributed by atoms with Crippen LogP contribution in [0.2, 0.25) is 0 Å². The summed E-state index contributed by atoms with van der Waals surface area (Å²) >= 11 is 0. The maximum Gasteiger partial charge on any atom is 0.262 e. The Morgan fingerprint density at radius 3 is 2.10 bits per heavy atom. The van der Waals surface area contributed by atoms with Gasteiger partial charge in [0.2, 0.25) is 11.8 Å². The van der Waals surface area contributed by atoms with E-state index >= 15 is 0 Å². The van der Waals surface area contributed by atoms with Gasteiger partial charge in [-0.2, -0.15) is 0 Å². The zero-order valence-electron chi connectivity index (χ0n) is 16.3. The Morgan fingerprint density at radius 2 is 1.59 bits per heavy atom. The number of fused-ring (bicyclic) bond motifs is 1. The number of ether oxygens (including phenoxy) is 1. The third-order valence-electron chi connectivity index (χ3n) is 4.70. The molecule has 29 heavy (non-hydrogen) atoms. The maximum atomic E-state index is 12.7. The van der Waals surface area contributed by atoms with Crippen molar-refractivity contribution >= 4 is 29.3 Å². The lowest BCUT2D eigenvalue weighted by molar-refractivity contribution is -0.136. The van der Waals surface area contributed by atoms with Crippen molar-refractivity contribution in [1.29, 1.82) is 0 Å². The van der Waals surface area contributed by atoms with E-state index in [9.17, 15) is 19.2 Å². The van der Waals surface area contributed by atoms with Crippen LogP contribution in [0.5, 0.6) is 5.75 Å². The number of nitrogens with zero attached hydrogens (tertiary/aromatic N) is 2. The lowest BCUT2D eigenvalue weighted by atomic mass is 10.1. The smallest absolute Gasteiger partial charge is 0.262 e. The number of amides is 4. The van der Waals surface area contributed by atoms with Gasteiger partial charge in [-0.15, -0.1) is 0 Å². The first kappa shape index (κ1) is 20.1. The number of methoxy groups -OCH3 is 1. The number of hydrogen-bond donors (Lipinski definition) is 1. The van der Waals surface area contributed by atoms with Crippen LogP contribution in [0.15, 0.2) is 48.5 Å². The molecule has 0 saturated carbocycles. The van der Waals surface area contributed by atoms with Crippen molar-refractivity contribution in [2.24, 2.45) is 0 Å². The number of hydrogen-bond acceptors (Lipinski definition) is 5. The van der Waals surface area contributed by atoms with E-state index < -0.39 is 29.7 Å². The Hall–Kier alpha value is -3.68. The van der Waals surface area contributed by atoms with Crippen molar-refractivity contribution < 1.29 is 23.9 Å². The average molecular weight is 395 g/mol. The SMILES string of the molecule is COc1ccc(NC(=O)CN(C)C(=O)[C@@H](C)N2C(=O)c3ccccc3C2=O)cc1. The van der Waals surface area contributed by atoms with Crippen LogP contribution in [0.1, 0.15) is 27.6 Å². The third-order valence-corrected chi connectivity index (χ3v) is 4.70. The Balaban J connectivity index is 1.63. The molecule has 2 aromatic carbocycles. The van der Waals surface area contributed by atoms with Gasteiger partial charge in [-0.1, -0.05) is 12.1 Å². The van der Waals surface area contributed by atoms with Crippen LogP contribution in [0.25, 0.3) is 0 Å². The van der Waals surface area contributed by atoms with E-state index in [0.29, 0.717) is 11.4 Å². The van der Waals surface area contributed by atoms with Gasteiger partial charge in [0, 0.05) is 12.7 Å². The molecule has 0 saturated heterocycles. The standard InChI is InChI=1S/C21H21N3O5/c1-13(24-20(27)16-6-4-5-7-17(16)21(24)28)19(26)23(2)12-18(25)22-14-8-10-15(29-3)11-9-14/h4-11,13H,12H2,1-3H3,(H,22,25)/t13-/m1/s1. The Kier molecular flexibility index (Phi) is 5.63. The van der Waals surface area contributed by atoms with Gasteiger partial charge in [-0.3, -0.25) is 24.1 Å². The zero-order valence-corrected chi connectivity index (χ0v) is 16.3. The van der Waals surface area contributed by atoms with Crippen molar-refractivity contribution in [3.8, 4) is 5.75 Å². The molecule has 150 valence electrons. The minimum atomic E-state index is -1.03. The number of carbonyl (C=O) groups is 4. The molecule has 0 spiro atoms. The van der Waals surface area contributed by atoms with Crippen molar-refractivity contribution in [3.63, 3.8) is 0 Å². The van der Waals surface area contributed by atoms with Gasteiger partial charge >= 0.3 is 0 Å². The number of carbonyl (C=O) groups excluding carboxylic acids is 4. The van der Waals surface area contributed by atoms with Gasteiger partial charge in [0.05, 0.1) is 24.8 Å². The summed E-state index contributed by atoms with van der Waals surface area (Å²) in [6.45, 7) is 1.25.